The van der Waals surface area contributed by atoms with Crippen molar-refractivity contribution < 1.29 is 19.2 Å². The van der Waals surface area contributed by atoms with Crippen LogP contribution in [0.3, 0.4) is 0 Å². The number of piperazine rings is 1. The molecule has 0 aliphatic carbocycles. The van der Waals surface area contributed by atoms with Crippen LogP contribution in [-0.2, 0) is 0 Å². The summed E-state index contributed by atoms with van der Waals surface area (Å²) in [7, 11) is 0. The third-order valence-corrected chi connectivity index (χ3v) is 5.10. The van der Waals surface area contributed by atoms with Gasteiger partial charge in [0.25, 0.3) is 5.91 Å². The van der Waals surface area contributed by atoms with Crippen LogP contribution >= 0.6 is 0 Å². The lowest BCUT2D eigenvalue weighted by Crippen LogP contribution is -3.15. The van der Waals surface area contributed by atoms with Crippen LogP contribution in [0.25, 0.3) is 21.7 Å². The van der Waals surface area contributed by atoms with Crippen LogP contribution in [0.15, 0.2) is 51.7 Å². The molecule has 1 fully saturated rings. The third-order valence-electron chi connectivity index (χ3n) is 5.10. The molecular formula is C20H21N2O4+. The number of amides is 1. The number of rotatable bonds is 3. The number of carbonyl (C=O) groups is 1. The number of hydrogen-bond donors (Lipinski definition) is 2. The molecular weight excluding hydrogens is 332 g/mol. The van der Waals surface area contributed by atoms with Gasteiger partial charge >= 0.3 is 5.63 Å². The first-order valence-electron chi connectivity index (χ1n) is 8.86. The number of fused-ring (bicyclic) bond motifs is 3. The van der Waals surface area contributed by atoms with E-state index < -0.39 is 5.63 Å². The van der Waals surface area contributed by atoms with Gasteiger partial charge < -0.3 is 19.3 Å². The summed E-state index contributed by atoms with van der Waals surface area (Å²) in [5, 5.41) is 11.8. The van der Waals surface area contributed by atoms with Crippen molar-refractivity contribution in [2.24, 2.45) is 0 Å². The number of aliphatic hydroxyl groups is 1. The van der Waals surface area contributed by atoms with Gasteiger partial charge in [0.15, 0.2) is 0 Å². The van der Waals surface area contributed by atoms with E-state index in [1.807, 2.05) is 30.3 Å². The van der Waals surface area contributed by atoms with Crippen molar-refractivity contribution in [3.63, 3.8) is 0 Å². The molecule has 2 N–H and O–H groups in total. The minimum Gasteiger partial charge on any atom is -0.422 e. The van der Waals surface area contributed by atoms with Gasteiger partial charge in [0.05, 0.1) is 32.8 Å². The second-order valence-electron chi connectivity index (χ2n) is 6.66. The molecule has 1 aromatic heterocycles. The predicted octanol–water partition coefficient (Wildman–Crippen LogP) is 0.279. The molecule has 0 unspecified atom stereocenters. The molecule has 0 bridgehead atoms. The van der Waals surface area contributed by atoms with Crippen LogP contribution < -0.4 is 10.5 Å². The minimum atomic E-state index is -0.595. The van der Waals surface area contributed by atoms with E-state index in [1.54, 1.807) is 17.0 Å². The number of quaternary nitrogens is 1. The standard InChI is InChI=1S/C20H20N2O4/c23-12-11-21-7-9-22(10-8-21)19(24)17-13-16-15-4-2-1-3-14(15)5-6-18(16)26-20(17)25/h1-6,13,23H,7-12H2/p+1. The Hall–Kier alpha value is -2.70. The number of hydrogen-bond acceptors (Lipinski definition) is 4. The number of benzene rings is 2. The molecule has 0 radical (unpaired) electrons. The average Bonchev–Trinajstić information content (AvgIpc) is 2.67. The molecule has 3 aromatic rings. The lowest BCUT2D eigenvalue weighted by molar-refractivity contribution is -0.904. The largest absolute Gasteiger partial charge is 0.422 e. The molecule has 134 valence electrons. The Morgan fingerprint density at radius 1 is 1.12 bits per heavy atom. The lowest BCUT2D eigenvalue weighted by atomic mass is 10.0. The maximum absolute atomic E-state index is 12.9. The fourth-order valence-corrected chi connectivity index (χ4v) is 3.63. The predicted molar refractivity (Wildman–Crippen MR) is 98.5 cm³/mol. The van der Waals surface area contributed by atoms with Gasteiger partial charge in [0, 0.05) is 5.39 Å². The molecule has 2 heterocycles. The highest BCUT2D eigenvalue weighted by Gasteiger charge is 2.26. The first-order valence-corrected chi connectivity index (χ1v) is 8.86. The molecule has 0 spiro atoms. The molecule has 2 aromatic carbocycles. The van der Waals surface area contributed by atoms with Gasteiger partial charge in [0.1, 0.15) is 17.7 Å². The summed E-state index contributed by atoms with van der Waals surface area (Å²) in [6.45, 7) is 3.52. The highest BCUT2D eigenvalue weighted by Crippen LogP contribution is 2.25. The Bertz CT molecular complexity index is 1020. The van der Waals surface area contributed by atoms with E-state index in [0.717, 1.165) is 29.2 Å². The third kappa shape index (κ3) is 2.98. The number of nitrogens with zero attached hydrogens (tertiary/aromatic N) is 1. The van der Waals surface area contributed by atoms with Gasteiger partial charge in [-0.2, -0.15) is 0 Å². The molecule has 26 heavy (non-hydrogen) atoms. The Balaban J connectivity index is 1.70. The van der Waals surface area contributed by atoms with Crippen molar-refractivity contribution in [3.8, 4) is 0 Å². The normalized spacial score (nSPS) is 15.7. The van der Waals surface area contributed by atoms with Crippen LogP contribution in [0.1, 0.15) is 10.4 Å². The fourth-order valence-electron chi connectivity index (χ4n) is 3.63. The zero-order chi connectivity index (χ0) is 18.1. The average molecular weight is 353 g/mol. The summed E-state index contributed by atoms with van der Waals surface area (Å²) in [5.74, 6) is -0.281. The van der Waals surface area contributed by atoms with Crippen molar-refractivity contribution in [1.29, 1.82) is 0 Å². The summed E-state index contributed by atoms with van der Waals surface area (Å²) in [6, 6.07) is 13.2. The van der Waals surface area contributed by atoms with Crippen LogP contribution in [0, 0.1) is 0 Å². The van der Waals surface area contributed by atoms with Gasteiger partial charge in [-0.25, -0.2) is 4.79 Å². The van der Waals surface area contributed by atoms with E-state index in [-0.39, 0.29) is 18.1 Å². The van der Waals surface area contributed by atoms with Crippen molar-refractivity contribution in [2.45, 2.75) is 0 Å². The van der Waals surface area contributed by atoms with E-state index in [1.165, 1.54) is 4.90 Å². The van der Waals surface area contributed by atoms with Crippen LogP contribution in [0.2, 0.25) is 0 Å². The molecule has 1 saturated heterocycles. The Labute approximate surface area is 150 Å². The summed E-state index contributed by atoms with van der Waals surface area (Å²) in [6.07, 6.45) is 0. The quantitative estimate of drug-likeness (QED) is 0.524. The molecule has 0 saturated carbocycles. The van der Waals surface area contributed by atoms with E-state index >= 15 is 0 Å². The van der Waals surface area contributed by atoms with E-state index in [2.05, 4.69) is 0 Å². The molecule has 1 aliphatic heterocycles. The molecule has 1 aliphatic rings. The van der Waals surface area contributed by atoms with Crippen molar-refractivity contribution in [1.82, 2.24) is 4.90 Å². The molecule has 6 heteroatoms. The topological polar surface area (TPSA) is 75.2 Å². The van der Waals surface area contributed by atoms with Gasteiger partial charge in [-0.05, 0) is 22.9 Å². The molecule has 0 atom stereocenters. The second kappa shape index (κ2) is 6.90. The van der Waals surface area contributed by atoms with Crippen LogP contribution in [0.5, 0.6) is 0 Å². The maximum atomic E-state index is 12.9. The molecule has 1 amide bonds. The van der Waals surface area contributed by atoms with Gasteiger partial charge in [0.2, 0.25) is 0 Å². The highest BCUT2D eigenvalue weighted by molar-refractivity contribution is 6.07. The Morgan fingerprint density at radius 3 is 2.65 bits per heavy atom. The summed E-state index contributed by atoms with van der Waals surface area (Å²) >= 11 is 0. The molecule has 6 nitrogen and oxygen atoms in total. The van der Waals surface area contributed by atoms with Crippen molar-refractivity contribution >= 4 is 27.6 Å². The number of carbonyl (C=O) groups excluding carboxylic acids is 1. The van der Waals surface area contributed by atoms with Gasteiger partial charge in [-0.1, -0.05) is 30.3 Å². The summed E-state index contributed by atoms with van der Waals surface area (Å²) < 4.78 is 5.43. The number of nitrogens with one attached hydrogen (secondary N) is 1. The van der Waals surface area contributed by atoms with E-state index in [4.69, 9.17) is 9.52 Å². The second-order valence-corrected chi connectivity index (χ2v) is 6.66. The first kappa shape index (κ1) is 16.8. The maximum Gasteiger partial charge on any atom is 0.349 e. The van der Waals surface area contributed by atoms with Crippen LogP contribution in [-0.4, -0.2) is 55.2 Å². The van der Waals surface area contributed by atoms with Gasteiger partial charge in [-0.15, -0.1) is 0 Å². The number of aliphatic hydroxyl groups excluding tert-OH is 1. The van der Waals surface area contributed by atoms with Crippen LogP contribution in [0.4, 0.5) is 0 Å². The monoisotopic (exact) mass is 353 g/mol. The highest BCUT2D eigenvalue weighted by atomic mass is 16.4. The summed E-state index contributed by atoms with van der Waals surface area (Å²) in [4.78, 5) is 28.2. The molecule has 4 rings (SSSR count). The zero-order valence-corrected chi connectivity index (χ0v) is 14.4. The Kier molecular flexibility index (Phi) is 4.44. The fraction of sp³-hybridized carbons (Fsp3) is 0.300. The first-order chi connectivity index (χ1) is 12.7. The minimum absolute atomic E-state index is 0.0828. The van der Waals surface area contributed by atoms with E-state index in [9.17, 15) is 9.59 Å². The lowest BCUT2D eigenvalue weighted by Gasteiger charge is -2.31. The van der Waals surface area contributed by atoms with E-state index in [0.29, 0.717) is 25.2 Å². The van der Waals surface area contributed by atoms with Crippen molar-refractivity contribution in [2.75, 3.05) is 39.3 Å². The van der Waals surface area contributed by atoms with Gasteiger partial charge in [-0.3, -0.25) is 4.79 Å². The zero-order valence-electron chi connectivity index (χ0n) is 14.4. The summed E-state index contributed by atoms with van der Waals surface area (Å²) in [5.41, 5.74) is -0.0233. The Morgan fingerprint density at radius 2 is 1.88 bits per heavy atom. The smallest absolute Gasteiger partial charge is 0.349 e. The van der Waals surface area contributed by atoms with Crippen molar-refractivity contribution in [3.05, 3.63) is 58.4 Å². The SMILES string of the molecule is O=C(c1cc2c(ccc3ccccc32)oc1=O)N1CC[NH+](CCO)CC1.